The molecule has 3 nitrogen and oxygen atoms in total. The second-order valence-corrected chi connectivity index (χ2v) is 6.66. The zero-order valence-electron chi connectivity index (χ0n) is 12.7. The Morgan fingerprint density at radius 3 is 2.17 bits per heavy atom. The lowest BCUT2D eigenvalue weighted by atomic mass is 9.76. The summed E-state index contributed by atoms with van der Waals surface area (Å²) in [6, 6.07) is 1.40. The molecule has 18 heavy (non-hydrogen) atoms. The van der Waals surface area contributed by atoms with Gasteiger partial charge in [0.05, 0.1) is 0 Å². The number of nitrogens with one attached hydrogen (secondary N) is 1. The third kappa shape index (κ3) is 3.06. The van der Waals surface area contributed by atoms with Crippen LogP contribution in [0.5, 0.6) is 0 Å². The van der Waals surface area contributed by atoms with Crippen LogP contribution in [0.2, 0.25) is 0 Å². The maximum Gasteiger partial charge on any atom is 0.0195 e. The highest BCUT2D eigenvalue weighted by molar-refractivity contribution is 4.90. The van der Waals surface area contributed by atoms with E-state index in [0.29, 0.717) is 17.5 Å². The first-order valence-electron chi connectivity index (χ1n) is 7.71. The number of nitrogens with zero attached hydrogens (tertiary/aromatic N) is 2. The zero-order chi connectivity index (χ0) is 13.2. The fourth-order valence-electron chi connectivity index (χ4n) is 3.70. The number of hydrogen-bond acceptors (Lipinski definition) is 3. The van der Waals surface area contributed by atoms with Crippen LogP contribution in [0.25, 0.3) is 0 Å². The normalized spacial score (nSPS) is 34.7. The smallest absolute Gasteiger partial charge is 0.0195 e. The number of hydrogen-bond donors (Lipinski definition) is 1. The van der Waals surface area contributed by atoms with Crippen molar-refractivity contribution >= 4 is 0 Å². The summed E-state index contributed by atoms with van der Waals surface area (Å²) in [6.07, 6.45) is 4.06. The molecule has 2 aliphatic heterocycles. The van der Waals surface area contributed by atoms with E-state index in [1.165, 1.54) is 52.0 Å². The van der Waals surface area contributed by atoms with Crippen LogP contribution in [0.1, 0.15) is 40.0 Å². The van der Waals surface area contributed by atoms with Gasteiger partial charge in [-0.1, -0.05) is 6.92 Å². The van der Waals surface area contributed by atoms with Crippen molar-refractivity contribution in [2.24, 2.45) is 5.41 Å². The van der Waals surface area contributed by atoms with Gasteiger partial charge in [0.25, 0.3) is 0 Å². The predicted molar refractivity (Wildman–Crippen MR) is 78.0 cm³/mol. The van der Waals surface area contributed by atoms with Crippen LogP contribution in [0.4, 0.5) is 0 Å². The lowest BCUT2D eigenvalue weighted by molar-refractivity contribution is 0.0205. The van der Waals surface area contributed by atoms with E-state index in [9.17, 15) is 0 Å². The molecule has 0 aliphatic carbocycles. The molecular weight excluding hydrogens is 222 g/mol. The van der Waals surface area contributed by atoms with Crippen LogP contribution in [-0.2, 0) is 0 Å². The second-order valence-electron chi connectivity index (χ2n) is 6.66. The first-order chi connectivity index (χ1) is 8.56. The number of piperidine rings is 1. The molecule has 2 aliphatic rings. The monoisotopic (exact) mass is 253 g/mol. The van der Waals surface area contributed by atoms with Crippen molar-refractivity contribution in [2.75, 3.05) is 39.8 Å². The van der Waals surface area contributed by atoms with Crippen molar-refractivity contribution in [3.8, 4) is 0 Å². The van der Waals surface area contributed by atoms with Crippen LogP contribution >= 0.6 is 0 Å². The van der Waals surface area contributed by atoms with Gasteiger partial charge in [-0.25, -0.2) is 0 Å². The van der Waals surface area contributed by atoms with Gasteiger partial charge < -0.3 is 5.32 Å². The number of likely N-dealkylation sites (N-methyl/N-ethyl adjacent to an activating group) is 1. The Morgan fingerprint density at radius 1 is 1.11 bits per heavy atom. The quantitative estimate of drug-likeness (QED) is 0.827. The molecule has 1 N–H and O–H groups in total. The van der Waals surface area contributed by atoms with E-state index in [2.05, 4.69) is 42.9 Å². The van der Waals surface area contributed by atoms with Gasteiger partial charge in [0.2, 0.25) is 0 Å². The Bertz CT molecular complexity index is 248. The van der Waals surface area contributed by atoms with E-state index in [4.69, 9.17) is 0 Å². The number of piperazine rings is 1. The van der Waals surface area contributed by atoms with Gasteiger partial charge in [0, 0.05) is 31.7 Å². The molecule has 2 atom stereocenters. The van der Waals surface area contributed by atoms with Crippen molar-refractivity contribution in [1.82, 2.24) is 15.1 Å². The predicted octanol–water partition coefficient (Wildman–Crippen LogP) is 1.79. The third-order valence-electron chi connectivity index (χ3n) is 5.41. The fourth-order valence-corrected chi connectivity index (χ4v) is 3.70. The summed E-state index contributed by atoms with van der Waals surface area (Å²) in [4.78, 5) is 5.25. The van der Waals surface area contributed by atoms with Gasteiger partial charge in [-0.3, -0.25) is 9.80 Å². The van der Waals surface area contributed by atoms with Gasteiger partial charge in [0.1, 0.15) is 0 Å². The molecule has 0 aromatic rings. The largest absolute Gasteiger partial charge is 0.317 e. The third-order valence-corrected chi connectivity index (χ3v) is 5.41. The highest BCUT2D eigenvalue weighted by Crippen LogP contribution is 2.34. The maximum absolute atomic E-state index is 3.51. The molecule has 0 saturated carbocycles. The minimum Gasteiger partial charge on any atom is -0.317 e. The average molecular weight is 253 g/mol. The highest BCUT2D eigenvalue weighted by Gasteiger charge is 2.35. The van der Waals surface area contributed by atoms with Gasteiger partial charge in [-0.15, -0.1) is 0 Å². The lowest BCUT2D eigenvalue weighted by Crippen LogP contribution is -2.57. The molecule has 2 heterocycles. The molecule has 2 saturated heterocycles. The van der Waals surface area contributed by atoms with Crippen LogP contribution in [-0.4, -0.2) is 61.7 Å². The summed E-state index contributed by atoms with van der Waals surface area (Å²) in [5.41, 5.74) is 0.584. The van der Waals surface area contributed by atoms with Crippen molar-refractivity contribution in [1.29, 1.82) is 0 Å². The average Bonchev–Trinajstić information content (AvgIpc) is 2.37. The van der Waals surface area contributed by atoms with E-state index < -0.39 is 0 Å². The van der Waals surface area contributed by atoms with Crippen LogP contribution in [0.3, 0.4) is 0 Å². The molecule has 0 bridgehead atoms. The minimum absolute atomic E-state index is 0.584. The summed E-state index contributed by atoms with van der Waals surface area (Å²) < 4.78 is 0. The second kappa shape index (κ2) is 5.89. The summed E-state index contributed by atoms with van der Waals surface area (Å²) in [5, 5.41) is 3.51. The Labute approximate surface area is 113 Å². The molecule has 3 heteroatoms. The van der Waals surface area contributed by atoms with Crippen molar-refractivity contribution < 1.29 is 0 Å². The van der Waals surface area contributed by atoms with Crippen LogP contribution < -0.4 is 5.32 Å². The first kappa shape index (κ1) is 14.3. The lowest BCUT2D eigenvalue weighted by Gasteiger charge is -2.47. The Hall–Kier alpha value is -0.120. The number of rotatable bonds is 3. The fraction of sp³-hybridized carbons (Fsp3) is 1.00. The first-order valence-corrected chi connectivity index (χ1v) is 7.71. The molecule has 0 aromatic carbocycles. The molecule has 2 unspecified atom stereocenters. The van der Waals surface area contributed by atoms with E-state index in [1.54, 1.807) is 0 Å². The van der Waals surface area contributed by atoms with Crippen LogP contribution in [0, 0.1) is 5.41 Å². The van der Waals surface area contributed by atoms with E-state index in [1.807, 2.05) is 0 Å². The minimum atomic E-state index is 0.584. The molecule has 2 rings (SSSR count). The van der Waals surface area contributed by atoms with E-state index >= 15 is 0 Å². The summed E-state index contributed by atoms with van der Waals surface area (Å²) in [6.45, 7) is 13.3. The van der Waals surface area contributed by atoms with Gasteiger partial charge in [0.15, 0.2) is 0 Å². The molecule has 0 spiro atoms. The van der Waals surface area contributed by atoms with Gasteiger partial charge in [-0.2, -0.15) is 0 Å². The Balaban J connectivity index is 1.95. The highest BCUT2D eigenvalue weighted by atomic mass is 15.3. The van der Waals surface area contributed by atoms with Crippen molar-refractivity contribution in [3.63, 3.8) is 0 Å². The zero-order valence-corrected chi connectivity index (χ0v) is 12.7. The van der Waals surface area contributed by atoms with E-state index in [-0.39, 0.29) is 0 Å². The molecule has 2 fully saturated rings. The Kier molecular flexibility index (Phi) is 4.68. The van der Waals surface area contributed by atoms with Crippen molar-refractivity contribution in [3.05, 3.63) is 0 Å². The summed E-state index contributed by atoms with van der Waals surface area (Å²) >= 11 is 0. The molecule has 0 aromatic heterocycles. The molecule has 0 radical (unpaired) electrons. The molecule has 0 amide bonds. The Morgan fingerprint density at radius 2 is 1.67 bits per heavy atom. The van der Waals surface area contributed by atoms with E-state index in [0.717, 1.165) is 0 Å². The van der Waals surface area contributed by atoms with Gasteiger partial charge in [-0.05, 0) is 58.7 Å². The van der Waals surface area contributed by atoms with Crippen LogP contribution in [0.15, 0.2) is 0 Å². The topological polar surface area (TPSA) is 18.5 Å². The van der Waals surface area contributed by atoms with Crippen molar-refractivity contribution in [2.45, 2.75) is 52.1 Å². The maximum atomic E-state index is 3.51. The standard InChI is InChI=1S/C15H31N3/c1-5-15(6-8-16-9-7-15)12-18-10-13(2)17(4)14(3)11-18/h13-14,16H,5-12H2,1-4H3. The van der Waals surface area contributed by atoms with Gasteiger partial charge >= 0.3 is 0 Å². The SMILES string of the molecule is CCC1(CN2CC(C)N(C)C(C)C2)CCNCC1. The summed E-state index contributed by atoms with van der Waals surface area (Å²) in [5.74, 6) is 0. The summed E-state index contributed by atoms with van der Waals surface area (Å²) in [7, 11) is 2.27. The molecular formula is C15H31N3. The molecule has 106 valence electrons.